The smallest absolute Gasteiger partial charge is 0.119 e. The van der Waals surface area contributed by atoms with Gasteiger partial charge in [-0.25, -0.2) is 10.4 Å². The number of hydrogen-bond donors (Lipinski definition) is 3. The van der Waals surface area contributed by atoms with Crippen molar-refractivity contribution < 1.29 is 14.9 Å². The molecule has 1 saturated heterocycles. The fraction of sp³-hybridized carbons (Fsp3) is 0.500. The molecule has 5 nitrogen and oxygen atoms in total. The molecule has 1 aliphatic heterocycles. The van der Waals surface area contributed by atoms with E-state index in [9.17, 15) is 10.2 Å². The number of phenols is 2. The molecular formula is C12H18N2O3. The van der Waals surface area contributed by atoms with E-state index in [2.05, 4.69) is 10.4 Å². The zero-order chi connectivity index (χ0) is 12.3. The van der Waals surface area contributed by atoms with E-state index in [1.54, 1.807) is 12.1 Å². The maximum absolute atomic E-state index is 9.43. The number of nitrogens with zero attached hydrogens (tertiary/aromatic N) is 1. The van der Waals surface area contributed by atoms with E-state index in [1.807, 2.05) is 6.92 Å². The third-order valence-electron chi connectivity index (χ3n) is 2.81. The van der Waals surface area contributed by atoms with Gasteiger partial charge in [0.25, 0.3) is 0 Å². The summed E-state index contributed by atoms with van der Waals surface area (Å²) in [4.78, 5) is 0. The third-order valence-corrected chi connectivity index (χ3v) is 2.81. The fourth-order valence-corrected chi connectivity index (χ4v) is 1.91. The summed E-state index contributed by atoms with van der Waals surface area (Å²) >= 11 is 0. The van der Waals surface area contributed by atoms with Crippen LogP contribution in [0.2, 0.25) is 0 Å². The monoisotopic (exact) mass is 238 g/mol. The lowest BCUT2D eigenvalue weighted by Crippen LogP contribution is -2.46. The van der Waals surface area contributed by atoms with Crippen molar-refractivity contribution >= 4 is 0 Å². The van der Waals surface area contributed by atoms with Gasteiger partial charge in [0.1, 0.15) is 11.5 Å². The van der Waals surface area contributed by atoms with Crippen molar-refractivity contribution in [1.29, 1.82) is 0 Å². The summed E-state index contributed by atoms with van der Waals surface area (Å²) < 4.78 is 5.26. The normalized spacial score (nSPS) is 19.1. The minimum atomic E-state index is 0.0334. The van der Waals surface area contributed by atoms with E-state index in [4.69, 9.17) is 4.74 Å². The number of hydrazine groups is 1. The minimum Gasteiger partial charge on any atom is -0.508 e. The lowest BCUT2D eigenvalue weighted by atomic mass is 10.1. The highest BCUT2D eigenvalue weighted by Gasteiger charge is 2.14. The Morgan fingerprint density at radius 1 is 1.18 bits per heavy atom. The van der Waals surface area contributed by atoms with Crippen LogP contribution >= 0.6 is 0 Å². The summed E-state index contributed by atoms with van der Waals surface area (Å²) in [5.74, 6) is 0.159. The van der Waals surface area contributed by atoms with Crippen LogP contribution in [0.4, 0.5) is 0 Å². The van der Waals surface area contributed by atoms with Gasteiger partial charge in [-0.05, 0) is 24.6 Å². The molecule has 1 atom stereocenters. The van der Waals surface area contributed by atoms with E-state index in [-0.39, 0.29) is 17.5 Å². The second kappa shape index (κ2) is 5.35. The highest BCUT2D eigenvalue weighted by Crippen LogP contribution is 2.24. The Morgan fingerprint density at radius 3 is 2.35 bits per heavy atom. The Morgan fingerprint density at radius 2 is 1.76 bits per heavy atom. The molecule has 1 aliphatic rings. The van der Waals surface area contributed by atoms with Crippen LogP contribution < -0.4 is 5.43 Å². The summed E-state index contributed by atoms with van der Waals surface area (Å²) in [5, 5.41) is 20.9. The van der Waals surface area contributed by atoms with Crippen LogP contribution in [0.25, 0.3) is 0 Å². The number of morpholine rings is 1. The topological polar surface area (TPSA) is 65.0 Å². The van der Waals surface area contributed by atoms with E-state index >= 15 is 0 Å². The molecule has 0 saturated carbocycles. The Hall–Kier alpha value is -1.30. The number of rotatable bonds is 3. The SMILES string of the molecule is CC(NN1CCOCC1)c1cc(O)cc(O)c1. The standard InChI is InChI=1S/C12H18N2O3/c1-9(13-14-2-4-17-5-3-14)10-6-11(15)8-12(16)7-10/h6-9,13,15-16H,2-5H2,1H3. The maximum Gasteiger partial charge on any atom is 0.119 e. The molecule has 2 rings (SSSR count). The van der Waals surface area contributed by atoms with Crippen LogP contribution in [-0.4, -0.2) is 41.5 Å². The summed E-state index contributed by atoms with van der Waals surface area (Å²) in [6.07, 6.45) is 0. The van der Waals surface area contributed by atoms with Gasteiger partial charge >= 0.3 is 0 Å². The third kappa shape index (κ3) is 3.33. The number of aromatic hydroxyl groups is 2. The molecule has 17 heavy (non-hydrogen) atoms. The lowest BCUT2D eigenvalue weighted by molar-refractivity contribution is 0.00481. The number of nitrogens with one attached hydrogen (secondary N) is 1. The predicted octanol–water partition coefficient (Wildman–Crippen LogP) is 0.996. The molecule has 0 aliphatic carbocycles. The van der Waals surface area contributed by atoms with Crippen molar-refractivity contribution in [3.8, 4) is 11.5 Å². The quantitative estimate of drug-likeness (QED) is 0.733. The van der Waals surface area contributed by atoms with Crippen molar-refractivity contribution in [2.24, 2.45) is 0 Å². The first-order chi connectivity index (χ1) is 8.15. The molecule has 0 radical (unpaired) electrons. The van der Waals surface area contributed by atoms with Crippen molar-refractivity contribution in [1.82, 2.24) is 10.4 Å². The molecule has 0 amide bonds. The van der Waals surface area contributed by atoms with E-state index < -0.39 is 0 Å². The Kier molecular flexibility index (Phi) is 3.83. The Bertz CT molecular complexity index is 358. The van der Waals surface area contributed by atoms with Crippen LogP contribution in [0, 0.1) is 0 Å². The highest BCUT2D eigenvalue weighted by molar-refractivity contribution is 5.37. The molecule has 1 heterocycles. The van der Waals surface area contributed by atoms with Crippen molar-refractivity contribution in [2.75, 3.05) is 26.3 Å². The van der Waals surface area contributed by atoms with Gasteiger partial charge in [0.2, 0.25) is 0 Å². The first-order valence-corrected chi connectivity index (χ1v) is 5.77. The summed E-state index contributed by atoms with van der Waals surface area (Å²) in [6.45, 7) is 5.13. The van der Waals surface area contributed by atoms with Crippen LogP contribution in [0.15, 0.2) is 18.2 Å². The largest absolute Gasteiger partial charge is 0.508 e. The van der Waals surface area contributed by atoms with Gasteiger partial charge in [-0.1, -0.05) is 0 Å². The van der Waals surface area contributed by atoms with E-state index in [0.29, 0.717) is 0 Å². The molecule has 0 bridgehead atoms. The molecule has 1 unspecified atom stereocenters. The van der Waals surface area contributed by atoms with Crippen LogP contribution in [-0.2, 0) is 4.74 Å². The van der Waals surface area contributed by atoms with Crippen LogP contribution in [0.5, 0.6) is 11.5 Å². The van der Waals surface area contributed by atoms with Crippen molar-refractivity contribution in [3.05, 3.63) is 23.8 Å². The van der Waals surface area contributed by atoms with Gasteiger partial charge in [0, 0.05) is 25.2 Å². The molecule has 0 aromatic heterocycles. The number of phenolic OH excluding ortho intramolecular Hbond substituents is 2. The van der Waals surface area contributed by atoms with E-state index in [0.717, 1.165) is 31.9 Å². The molecule has 3 N–H and O–H groups in total. The molecule has 5 heteroatoms. The molecule has 94 valence electrons. The second-order valence-corrected chi connectivity index (χ2v) is 4.23. The van der Waals surface area contributed by atoms with E-state index in [1.165, 1.54) is 6.07 Å². The van der Waals surface area contributed by atoms with Gasteiger partial charge in [-0.2, -0.15) is 0 Å². The zero-order valence-electron chi connectivity index (χ0n) is 9.89. The van der Waals surface area contributed by atoms with Crippen LogP contribution in [0.3, 0.4) is 0 Å². The molecular weight excluding hydrogens is 220 g/mol. The van der Waals surface area contributed by atoms with Gasteiger partial charge in [-0.3, -0.25) is 0 Å². The first-order valence-electron chi connectivity index (χ1n) is 5.77. The summed E-state index contributed by atoms with van der Waals surface area (Å²) in [6, 6.07) is 4.66. The minimum absolute atomic E-state index is 0.0334. The van der Waals surface area contributed by atoms with Crippen LogP contribution in [0.1, 0.15) is 18.5 Å². The zero-order valence-corrected chi connectivity index (χ0v) is 9.89. The average Bonchev–Trinajstić information content (AvgIpc) is 2.29. The summed E-state index contributed by atoms with van der Waals surface area (Å²) in [7, 11) is 0. The number of ether oxygens (including phenoxy) is 1. The Labute approximate surface area is 101 Å². The first kappa shape index (κ1) is 12.2. The number of benzene rings is 1. The highest BCUT2D eigenvalue weighted by atomic mass is 16.5. The fourth-order valence-electron chi connectivity index (χ4n) is 1.91. The lowest BCUT2D eigenvalue weighted by Gasteiger charge is -2.30. The molecule has 1 fully saturated rings. The maximum atomic E-state index is 9.43. The molecule has 1 aromatic rings. The second-order valence-electron chi connectivity index (χ2n) is 4.23. The summed E-state index contributed by atoms with van der Waals surface area (Å²) in [5.41, 5.74) is 4.18. The Balaban J connectivity index is 2.00. The predicted molar refractivity (Wildman–Crippen MR) is 63.7 cm³/mol. The van der Waals surface area contributed by atoms with Gasteiger partial charge in [0.15, 0.2) is 0 Å². The van der Waals surface area contributed by atoms with Gasteiger partial charge < -0.3 is 14.9 Å². The number of hydrogen-bond acceptors (Lipinski definition) is 5. The average molecular weight is 238 g/mol. The van der Waals surface area contributed by atoms with Crippen molar-refractivity contribution in [2.45, 2.75) is 13.0 Å². The molecule has 0 spiro atoms. The van der Waals surface area contributed by atoms with Gasteiger partial charge in [-0.15, -0.1) is 0 Å². The van der Waals surface area contributed by atoms with Crippen molar-refractivity contribution in [3.63, 3.8) is 0 Å². The van der Waals surface area contributed by atoms with Gasteiger partial charge in [0.05, 0.1) is 13.2 Å². The molecule has 1 aromatic carbocycles.